The summed E-state index contributed by atoms with van der Waals surface area (Å²) in [4.78, 5) is 2.48. The first-order valence-corrected chi connectivity index (χ1v) is 6.94. The van der Waals surface area contributed by atoms with Gasteiger partial charge in [-0.2, -0.15) is 0 Å². The highest BCUT2D eigenvalue weighted by molar-refractivity contribution is 4.88. The van der Waals surface area contributed by atoms with Gasteiger partial charge in [0.15, 0.2) is 0 Å². The molecule has 0 amide bonds. The van der Waals surface area contributed by atoms with Crippen molar-refractivity contribution in [2.75, 3.05) is 19.6 Å². The van der Waals surface area contributed by atoms with Gasteiger partial charge in [-0.25, -0.2) is 0 Å². The molecular formula is C14H27NO. The van der Waals surface area contributed by atoms with Crippen LogP contribution in [0.4, 0.5) is 0 Å². The van der Waals surface area contributed by atoms with Gasteiger partial charge in [0.25, 0.3) is 0 Å². The largest absolute Gasteiger partial charge is 0.389 e. The molecule has 0 aromatic heterocycles. The third-order valence-electron chi connectivity index (χ3n) is 4.51. The molecule has 0 unspecified atom stereocenters. The summed E-state index contributed by atoms with van der Waals surface area (Å²) in [6.45, 7) is 7.99. The summed E-state index contributed by atoms with van der Waals surface area (Å²) in [5.74, 6) is 0. The van der Waals surface area contributed by atoms with Crippen LogP contribution in [0.15, 0.2) is 0 Å². The van der Waals surface area contributed by atoms with Crippen LogP contribution >= 0.6 is 0 Å². The van der Waals surface area contributed by atoms with Crippen molar-refractivity contribution in [3.63, 3.8) is 0 Å². The zero-order valence-corrected chi connectivity index (χ0v) is 11.0. The molecule has 0 atom stereocenters. The lowest BCUT2D eigenvalue weighted by Crippen LogP contribution is -2.48. The van der Waals surface area contributed by atoms with Crippen molar-refractivity contribution in [1.82, 2.24) is 4.90 Å². The number of β-amino-alcohol motifs (C(OH)–C–C–N with tert-alkyl or cyclic N) is 1. The lowest BCUT2D eigenvalue weighted by molar-refractivity contribution is -0.0368. The number of piperidine rings is 1. The molecule has 1 aliphatic carbocycles. The normalized spacial score (nSPS) is 30.2. The topological polar surface area (TPSA) is 23.5 Å². The van der Waals surface area contributed by atoms with Crippen molar-refractivity contribution >= 4 is 0 Å². The number of hydrogen-bond donors (Lipinski definition) is 1. The summed E-state index contributed by atoms with van der Waals surface area (Å²) in [5, 5.41) is 10.5. The monoisotopic (exact) mass is 225 g/mol. The molecule has 2 heteroatoms. The summed E-state index contributed by atoms with van der Waals surface area (Å²) < 4.78 is 0. The minimum atomic E-state index is -0.361. The van der Waals surface area contributed by atoms with E-state index in [0.29, 0.717) is 5.41 Å². The Bertz CT molecular complexity index is 221. The quantitative estimate of drug-likeness (QED) is 0.781. The smallest absolute Gasteiger partial charge is 0.0774 e. The van der Waals surface area contributed by atoms with Crippen LogP contribution in [0.5, 0.6) is 0 Å². The fourth-order valence-electron chi connectivity index (χ4n) is 3.10. The lowest BCUT2D eigenvalue weighted by Gasteiger charge is -2.42. The molecule has 0 bridgehead atoms. The van der Waals surface area contributed by atoms with Gasteiger partial charge in [-0.1, -0.05) is 33.1 Å². The van der Waals surface area contributed by atoms with E-state index in [1.807, 2.05) is 0 Å². The minimum Gasteiger partial charge on any atom is -0.389 e. The second kappa shape index (κ2) is 4.66. The van der Waals surface area contributed by atoms with Crippen LogP contribution in [0.1, 0.15) is 58.8 Å². The van der Waals surface area contributed by atoms with E-state index in [-0.39, 0.29) is 5.60 Å². The molecule has 2 nitrogen and oxygen atoms in total. The Kier molecular flexibility index (Phi) is 3.60. The molecule has 2 rings (SSSR count). The fourth-order valence-corrected chi connectivity index (χ4v) is 3.10. The first-order chi connectivity index (χ1) is 7.49. The summed E-state index contributed by atoms with van der Waals surface area (Å²) in [6, 6.07) is 0. The first kappa shape index (κ1) is 12.4. The zero-order chi connectivity index (χ0) is 11.6. The standard InChI is InChI=1S/C14H27NO/c1-13(2)8-10-15(11-9-13)12-14(16)6-4-3-5-7-14/h16H,3-12H2,1-2H3. The Hall–Kier alpha value is -0.0800. The summed E-state index contributed by atoms with van der Waals surface area (Å²) in [6.07, 6.45) is 8.35. The molecule has 0 spiro atoms. The van der Waals surface area contributed by atoms with Gasteiger partial charge >= 0.3 is 0 Å². The Morgan fingerprint density at radius 1 is 0.938 bits per heavy atom. The molecule has 0 aromatic rings. The van der Waals surface area contributed by atoms with E-state index in [9.17, 15) is 5.11 Å². The summed E-state index contributed by atoms with van der Waals surface area (Å²) in [5.41, 5.74) is 0.158. The van der Waals surface area contributed by atoms with E-state index in [1.54, 1.807) is 0 Å². The Labute approximate surface area is 100 Å². The molecule has 0 aromatic carbocycles. The number of likely N-dealkylation sites (tertiary alicyclic amines) is 1. The Morgan fingerprint density at radius 3 is 2.06 bits per heavy atom. The number of hydrogen-bond acceptors (Lipinski definition) is 2. The van der Waals surface area contributed by atoms with Crippen molar-refractivity contribution in [2.45, 2.75) is 64.4 Å². The average Bonchev–Trinajstić information content (AvgIpc) is 2.22. The summed E-state index contributed by atoms with van der Waals surface area (Å²) in [7, 11) is 0. The third-order valence-corrected chi connectivity index (χ3v) is 4.51. The van der Waals surface area contributed by atoms with Crippen LogP contribution in [0.2, 0.25) is 0 Å². The third kappa shape index (κ3) is 3.21. The van der Waals surface area contributed by atoms with Crippen LogP contribution in [0.25, 0.3) is 0 Å². The van der Waals surface area contributed by atoms with Gasteiger partial charge in [0.1, 0.15) is 0 Å². The van der Waals surface area contributed by atoms with Crippen LogP contribution < -0.4 is 0 Å². The Balaban J connectivity index is 1.81. The maximum absolute atomic E-state index is 10.5. The molecular weight excluding hydrogens is 198 g/mol. The van der Waals surface area contributed by atoms with Gasteiger partial charge in [-0.05, 0) is 44.2 Å². The second-order valence-electron chi connectivity index (χ2n) is 6.73. The van der Waals surface area contributed by atoms with Crippen LogP contribution in [-0.2, 0) is 0 Å². The van der Waals surface area contributed by atoms with Crippen LogP contribution in [0, 0.1) is 5.41 Å². The van der Waals surface area contributed by atoms with E-state index in [2.05, 4.69) is 18.7 Å². The molecule has 1 N–H and O–H groups in total. The van der Waals surface area contributed by atoms with Gasteiger partial charge < -0.3 is 10.0 Å². The highest BCUT2D eigenvalue weighted by Gasteiger charge is 2.33. The maximum Gasteiger partial charge on any atom is 0.0774 e. The van der Waals surface area contributed by atoms with Crippen molar-refractivity contribution in [2.24, 2.45) is 5.41 Å². The predicted octanol–water partition coefficient (Wildman–Crippen LogP) is 2.80. The molecule has 2 aliphatic rings. The zero-order valence-electron chi connectivity index (χ0n) is 11.0. The van der Waals surface area contributed by atoms with E-state index in [0.717, 1.165) is 19.4 Å². The number of aliphatic hydroxyl groups is 1. The second-order valence-corrected chi connectivity index (χ2v) is 6.73. The van der Waals surface area contributed by atoms with Crippen LogP contribution in [-0.4, -0.2) is 35.2 Å². The van der Waals surface area contributed by atoms with Gasteiger partial charge in [-0.15, -0.1) is 0 Å². The first-order valence-electron chi connectivity index (χ1n) is 6.94. The van der Waals surface area contributed by atoms with Gasteiger partial charge in [0.2, 0.25) is 0 Å². The average molecular weight is 225 g/mol. The molecule has 1 aliphatic heterocycles. The molecule has 16 heavy (non-hydrogen) atoms. The molecule has 0 radical (unpaired) electrons. The van der Waals surface area contributed by atoms with Crippen molar-refractivity contribution < 1.29 is 5.11 Å². The van der Waals surface area contributed by atoms with Gasteiger partial charge in [0, 0.05) is 6.54 Å². The Morgan fingerprint density at radius 2 is 1.50 bits per heavy atom. The fraction of sp³-hybridized carbons (Fsp3) is 1.00. The van der Waals surface area contributed by atoms with E-state index in [4.69, 9.17) is 0 Å². The molecule has 1 saturated carbocycles. The van der Waals surface area contributed by atoms with Gasteiger partial charge in [0.05, 0.1) is 5.60 Å². The number of nitrogens with zero attached hydrogens (tertiary/aromatic N) is 1. The molecule has 2 fully saturated rings. The highest BCUT2D eigenvalue weighted by Crippen LogP contribution is 2.33. The van der Waals surface area contributed by atoms with E-state index < -0.39 is 0 Å². The highest BCUT2D eigenvalue weighted by atomic mass is 16.3. The minimum absolute atomic E-state index is 0.361. The van der Waals surface area contributed by atoms with E-state index in [1.165, 1.54) is 45.2 Å². The van der Waals surface area contributed by atoms with E-state index >= 15 is 0 Å². The van der Waals surface area contributed by atoms with Crippen molar-refractivity contribution in [3.05, 3.63) is 0 Å². The summed E-state index contributed by atoms with van der Waals surface area (Å²) >= 11 is 0. The number of rotatable bonds is 2. The maximum atomic E-state index is 10.5. The van der Waals surface area contributed by atoms with Crippen molar-refractivity contribution in [1.29, 1.82) is 0 Å². The SMILES string of the molecule is CC1(C)CCN(CC2(O)CCCCC2)CC1. The molecule has 1 saturated heterocycles. The van der Waals surface area contributed by atoms with Gasteiger partial charge in [-0.3, -0.25) is 0 Å². The lowest BCUT2D eigenvalue weighted by atomic mass is 9.80. The predicted molar refractivity (Wildman–Crippen MR) is 67.5 cm³/mol. The van der Waals surface area contributed by atoms with Crippen LogP contribution in [0.3, 0.4) is 0 Å². The van der Waals surface area contributed by atoms with Crippen molar-refractivity contribution in [3.8, 4) is 0 Å². The molecule has 94 valence electrons. The molecule has 1 heterocycles.